The quantitative estimate of drug-likeness (QED) is 0.287. The number of carbonyl (C=O) groups excluding carboxylic acids is 2. The van der Waals surface area contributed by atoms with Gasteiger partial charge in [0.2, 0.25) is 5.91 Å². The zero-order valence-electron chi connectivity index (χ0n) is 24.9. The van der Waals surface area contributed by atoms with Crippen molar-refractivity contribution < 1.29 is 28.4 Å². The summed E-state index contributed by atoms with van der Waals surface area (Å²) in [5, 5.41) is 10.4. The van der Waals surface area contributed by atoms with Crippen LogP contribution in [0.5, 0.6) is 0 Å². The van der Waals surface area contributed by atoms with E-state index in [1.807, 2.05) is 44.2 Å². The van der Waals surface area contributed by atoms with E-state index in [2.05, 4.69) is 4.36 Å². The van der Waals surface area contributed by atoms with Gasteiger partial charge in [-0.15, -0.1) is 4.36 Å². The van der Waals surface area contributed by atoms with Crippen LogP contribution in [0.1, 0.15) is 77.5 Å². The molecule has 1 unspecified atom stereocenters. The molecule has 11 heteroatoms. The molecule has 8 nitrogen and oxygen atoms in total. The highest BCUT2D eigenvalue weighted by Crippen LogP contribution is 2.52. The first kappa shape index (κ1) is 33.9. The van der Waals surface area contributed by atoms with Crippen molar-refractivity contribution in [3.05, 3.63) is 69.7 Å². The molecular formula is C31H40Cl2N2O6S. The highest BCUT2D eigenvalue weighted by atomic mass is 35.5. The fraction of sp³-hybridized carbons (Fsp3) is 0.516. The summed E-state index contributed by atoms with van der Waals surface area (Å²) in [4.78, 5) is 40.8. The summed E-state index contributed by atoms with van der Waals surface area (Å²) in [6.07, 6.45) is -1.05. The first-order valence-corrected chi connectivity index (χ1v) is 16.6. The van der Waals surface area contributed by atoms with Gasteiger partial charge in [-0.05, 0) is 54.7 Å². The minimum atomic E-state index is -3.21. The molecule has 2 aromatic rings. The van der Waals surface area contributed by atoms with Crippen molar-refractivity contribution in [3.63, 3.8) is 0 Å². The van der Waals surface area contributed by atoms with Crippen molar-refractivity contribution in [2.75, 3.05) is 12.4 Å². The van der Waals surface area contributed by atoms with Crippen LogP contribution < -0.4 is 0 Å². The van der Waals surface area contributed by atoms with Gasteiger partial charge in [-0.3, -0.25) is 9.59 Å². The van der Waals surface area contributed by atoms with Gasteiger partial charge < -0.3 is 14.7 Å². The third kappa shape index (κ3) is 7.66. The fourth-order valence-electron chi connectivity index (χ4n) is 5.69. The Bertz CT molecular complexity index is 1420. The lowest BCUT2D eigenvalue weighted by molar-refractivity contribution is -0.161. The van der Waals surface area contributed by atoms with Gasteiger partial charge in [-0.2, -0.15) is 0 Å². The Hall–Kier alpha value is -2.62. The van der Waals surface area contributed by atoms with E-state index in [9.17, 15) is 23.7 Å². The third-order valence-corrected chi connectivity index (χ3v) is 11.1. The number of likely N-dealkylation sites (tertiary alicyclic amines) is 1. The van der Waals surface area contributed by atoms with Crippen LogP contribution in [-0.2, 0) is 24.1 Å². The number of carboxylic acid groups (broad SMARTS) is 1. The van der Waals surface area contributed by atoms with Gasteiger partial charge in [0.25, 0.3) is 0 Å². The molecule has 5 atom stereocenters. The summed E-state index contributed by atoms with van der Waals surface area (Å²) in [5.41, 5.74) is 0.366. The average Bonchev–Trinajstić information content (AvgIpc) is 2.89. The van der Waals surface area contributed by atoms with Crippen LogP contribution in [0.4, 0.5) is 4.79 Å². The molecule has 2 aromatic carbocycles. The van der Waals surface area contributed by atoms with Crippen LogP contribution in [0.3, 0.4) is 0 Å². The summed E-state index contributed by atoms with van der Waals surface area (Å²) in [7, 11) is -3.21. The van der Waals surface area contributed by atoms with Crippen LogP contribution in [0, 0.1) is 11.3 Å². The number of piperidine rings is 1. The summed E-state index contributed by atoms with van der Waals surface area (Å²) in [5.74, 6) is -2.13. The maximum atomic E-state index is 14.6. The van der Waals surface area contributed by atoms with Crippen LogP contribution >= 0.6 is 23.2 Å². The zero-order valence-corrected chi connectivity index (χ0v) is 27.2. The molecule has 2 amide bonds. The van der Waals surface area contributed by atoms with Crippen LogP contribution in [-0.4, -0.2) is 55.8 Å². The van der Waals surface area contributed by atoms with Gasteiger partial charge in [0, 0.05) is 27.3 Å². The minimum Gasteiger partial charge on any atom is -0.481 e. The van der Waals surface area contributed by atoms with Crippen molar-refractivity contribution in [1.82, 2.24) is 4.90 Å². The highest BCUT2D eigenvalue weighted by Gasteiger charge is 2.53. The van der Waals surface area contributed by atoms with Gasteiger partial charge in [0.1, 0.15) is 0 Å². The van der Waals surface area contributed by atoms with Crippen molar-refractivity contribution in [1.29, 1.82) is 0 Å². The number of aliphatic carboxylic acids is 1. The van der Waals surface area contributed by atoms with E-state index in [4.69, 9.17) is 27.9 Å². The molecule has 1 aliphatic heterocycles. The van der Waals surface area contributed by atoms with E-state index in [1.54, 1.807) is 50.8 Å². The molecule has 0 aliphatic carbocycles. The number of hydrogen-bond acceptors (Lipinski definition) is 5. The third-order valence-electron chi connectivity index (χ3n) is 7.90. The monoisotopic (exact) mass is 638 g/mol. The Morgan fingerprint density at radius 3 is 2.26 bits per heavy atom. The van der Waals surface area contributed by atoms with Gasteiger partial charge in [-0.25, -0.2) is 9.00 Å². The second-order valence-corrected chi connectivity index (χ2v) is 15.4. The number of ether oxygens (including phenoxy) is 1. The normalized spacial score (nSPS) is 23.0. The van der Waals surface area contributed by atoms with Gasteiger partial charge in [-0.1, -0.05) is 82.1 Å². The molecule has 0 spiro atoms. The highest BCUT2D eigenvalue weighted by molar-refractivity contribution is 7.94. The molecule has 1 saturated heterocycles. The van der Waals surface area contributed by atoms with Gasteiger partial charge >= 0.3 is 12.1 Å². The minimum absolute atomic E-state index is 0.0850. The maximum Gasteiger partial charge on any atom is 0.441 e. The van der Waals surface area contributed by atoms with Crippen molar-refractivity contribution in [3.8, 4) is 0 Å². The topological polar surface area (TPSA) is 113 Å². The molecule has 0 bridgehead atoms. The largest absolute Gasteiger partial charge is 0.481 e. The molecule has 0 radical (unpaired) electrons. The first-order chi connectivity index (χ1) is 19.6. The molecule has 1 N–H and O–H groups in total. The first-order valence-electron chi connectivity index (χ1n) is 14.1. The number of nitrogens with zero attached hydrogens (tertiary/aromatic N) is 2. The average molecular weight is 640 g/mol. The van der Waals surface area contributed by atoms with E-state index in [0.717, 1.165) is 11.1 Å². The van der Waals surface area contributed by atoms with Crippen LogP contribution in [0.25, 0.3) is 0 Å². The Kier molecular flexibility index (Phi) is 11.1. The molecule has 3 rings (SSSR count). The van der Waals surface area contributed by atoms with Gasteiger partial charge in [0.15, 0.2) is 0 Å². The van der Waals surface area contributed by atoms with Crippen molar-refractivity contribution in [2.24, 2.45) is 15.7 Å². The number of hydrogen-bond donors (Lipinski definition) is 1. The number of amides is 2. The van der Waals surface area contributed by atoms with E-state index in [0.29, 0.717) is 10.0 Å². The zero-order chi connectivity index (χ0) is 31.4. The summed E-state index contributed by atoms with van der Waals surface area (Å²) in [6, 6.07) is 13.3. The lowest BCUT2D eigenvalue weighted by atomic mass is 9.66. The smallest absolute Gasteiger partial charge is 0.441 e. The van der Waals surface area contributed by atoms with Crippen molar-refractivity contribution >= 4 is 50.9 Å². The molecule has 1 fully saturated rings. The summed E-state index contributed by atoms with van der Waals surface area (Å²) >= 11 is 12.7. The second kappa shape index (κ2) is 13.8. The Morgan fingerprint density at radius 1 is 1.10 bits per heavy atom. The lowest BCUT2D eigenvalue weighted by Crippen LogP contribution is -2.59. The maximum absolute atomic E-state index is 14.6. The predicted molar refractivity (Wildman–Crippen MR) is 166 cm³/mol. The van der Waals surface area contributed by atoms with E-state index < -0.39 is 44.5 Å². The summed E-state index contributed by atoms with van der Waals surface area (Å²) in [6.45, 7) is 10.7. The number of rotatable bonds is 10. The molecule has 0 saturated carbocycles. The molecule has 230 valence electrons. The van der Waals surface area contributed by atoms with Crippen LogP contribution in [0.15, 0.2) is 52.9 Å². The molecule has 1 heterocycles. The number of benzene rings is 2. The molecule has 0 aromatic heterocycles. The number of halogens is 2. The van der Waals surface area contributed by atoms with Crippen LogP contribution in [0.2, 0.25) is 10.0 Å². The molecule has 42 heavy (non-hydrogen) atoms. The van der Waals surface area contributed by atoms with E-state index in [-0.39, 0.29) is 42.9 Å². The lowest BCUT2D eigenvalue weighted by Gasteiger charge is -2.53. The standard InChI is InChI=1S/C31H40Cl2N2O6S/c1-7-41-30(39)34-42(40,20(4)5)18-26(19(2)3)35-28(21-11-13-23(32)14-12-21)25(22-9-8-10-24(33)15-22)16-31(6,29(35)38)17-27(36)37/h8-15,19-20,25-26,28H,7,16-18H2,1-6H3,(H,36,37)/t25-,26-,28-,31-,42?/m1/s1. The number of carbonyl (C=O) groups is 3. The Balaban J connectivity index is 2.32. The van der Waals surface area contributed by atoms with E-state index >= 15 is 0 Å². The van der Waals surface area contributed by atoms with Crippen molar-refractivity contribution in [2.45, 2.75) is 77.6 Å². The Labute approximate surface area is 258 Å². The molecular weight excluding hydrogens is 599 g/mol. The fourth-order valence-corrected chi connectivity index (χ4v) is 8.03. The number of carboxylic acids is 1. The van der Waals surface area contributed by atoms with Gasteiger partial charge in [0.05, 0.1) is 40.0 Å². The second-order valence-electron chi connectivity index (χ2n) is 11.7. The Morgan fingerprint density at radius 2 is 1.74 bits per heavy atom. The SMILES string of the molecule is CCOC(=O)N=S(=O)(C[C@H](C(C)C)N1C(=O)[C@@](C)(CC(=O)O)C[C@H](c2cccc(Cl)c2)[C@H]1c1ccc(Cl)cc1)C(C)C. The summed E-state index contributed by atoms with van der Waals surface area (Å²) < 4.78 is 23.4. The molecule has 1 aliphatic rings. The predicted octanol–water partition coefficient (Wildman–Crippen LogP) is 7.59. The van der Waals surface area contributed by atoms with E-state index in [1.165, 1.54) is 0 Å².